The molecule has 1 heterocycles. The van der Waals surface area contributed by atoms with Crippen LogP contribution in [0.1, 0.15) is 6.85 Å². The number of hydrogen-bond acceptors (Lipinski definition) is 2. The standard InChI is InChI=1S/C6H5Br2NO/c1-10-5-3-9-6(8)2-4(5)7/h2-3H,1H3/i1D3,2D,3D. The van der Waals surface area contributed by atoms with E-state index in [1.54, 1.807) is 0 Å². The molecule has 0 aliphatic heterocycles. The van der Waals surface area contributed by atoms with Crippen molar-refractivity contribution in [2.75, 3.05) is 7.04 Å². The van der Waals surface area contributed by atoms with Crippen LogP contribution in [0.15, 0.2) is 21.3 Å². The van der Waals surface area contributed by atoms with Gasteiger partial charge in [0.05, 0.1) is 24.5 Å². The van der Waals surface area contributed by atoms with Gasteiger partial charge in [0.25, 0.3) is 0 Å². The summed E-state index contributed by atoms with van der Waals surface area (Å²) < 4.78 is 40.4. The number of rotatable bonds is 1. The molecular weight excluding hydrogens is 262 g/mol. The third-order valence-electron chi connectivity index (χ3n) is 0.770. The molecule has 0 aliphatic rings. The molecule has 0 aromatic carbocycles. The molecule has 0 fully saturated rings. The van der Waals surface area contributed by atoms with Crippen LogP contribution in [0.25, 0.3) is 0 Å². The number of hydrogen-bond donors (Lipinski definition) is 0. The van der Waals surface area contributed by atoms with Crippen molar-refractivity contribution in [3.8, 4) is 5.75 Å². The average Bonchev–Trinajstić information content (AvgIpc) is 2.07. The van der Waals surface area contributed by atoms with Crippen LogP contribution in [0, 0.1) is 0 Å². The Morgan fingerprint density at radius 1 is 1.80 bits per heavy atom. The second-order valence-corrected chi connectivity index (χ2v) is 2.93. The van der Waals surface area contributed by atoms with Crippen LogP contribution < -0.4 is 4.74 Å². The van der Waals surface area contributed by atoms with E-state index in [1.165, 1.54) is 0 Å². The summed E-state index contributed by atoms with van der Waals surface area (Å²) in [5.41, 5.74) is 0. The first-order valence-corrected chi connectivity index (χ1v) is 3.82. The Morgan fingerprint density at radius 3 is 3.30 bits per heavy atom. The van der Waals surface area contributed by atoms with Crippen LogP contribution in [0.4, 0.5) is 0 Å². The molecule has 0 unspecified atom stereocenters. The van der Waals surface area contributed by atoms with E-state index in [4.69, 9.17) is 6.85 Å². The quantitative estimate of drug-likeness (QED) is 0.733. The highest BCUT2D eigenvalue weighted by atomic mass is 79.9. The van der Waals surface area contributed by atoms with E-state index in [0.29, 0.717) is 0 Å². The minimum atomic E-state index is -2.67. The van der Waals surface area contributed by atoms with E-state index in [-0.39, 0.29) is 27.0 Å². The average molecular weight is 272 g/mol. The van der Waals surface area contributed by atoms with Gasteiger partial charge in [0.15, 0.2) is 5.75 Å². The first kappa shape index (κ1) is 3.54. The van der Waals surface area contributed by atoms with E-state index in [1.807, 2.05) is 0 Å². The lowest BCUT2D eigenvalue weighted by atomic mass is 10.5. The van der Waals surface area contributed by atoms with Gasteiger partial charge in [-0.15, -0.1) is 0 Å². The van der Waals surface area contributed by atoms with E-state index in [0.717, 1.165) is 0 Å². The highest BCUT2D eigenvalue weighted by Crippen LogP contribution is 2.25. The summed E-state index contributed by atoms with van der Waals surface area (Å²) in [5, 5.41) is 0. The molecular formula is C6H5Br2NO. The van der Waals surface area contributed by atoms with Gasteiger partial charge in [-0.3, -0.25) is 0 Å². The maximum Gasteiger partial charge on any atom is 0.151 e. The van der Waals surface area contributed by atoms with Gasteiger partial charge in [-0.25, -0.2) is 4.98 Å². The molecule has 1 aromatic rings. The second kappa shape index (κ2) is 3.34. The molecule has 1 rings (SSSR count). The number of pyridine rings is 1. The van der Waals surface area contributed by atoms with Crippen molar-refractivity contribution in [1.29, 1.82) is 0 Å². The van der Waals surface area contributed by atoms with E-state index < -0.39 is 7.04 Å². The molecule has 2 nitrogen and oxygen atoms in total. The zero-order chi connectivity index (χ0) is 11.8. The summed E-state index contributed by atoms with van der Waals surface area (Å²) in [6, 6.07) is -0.0646. The predicted molar refractivity (Wildman–Crippen MR) is 46.2 cm³/mol. The maximum atomic E-state index is 7.49. The molecule has 0 saturated heterocycles. The highest BCUT2D eigenvalue weighted by molar-refractivity contribution is 9.11. The van der Waals surface area contributed by atoms with Crippen LogP contribution in [-0.2, 0) is 0 Å². The van der Waals surface area contributed by atoms with Gasteiger partial charge in [0, 0.05) is 0 Å². The monoisotopic (exact) mass is 270 g/mol. The lowest BCUT2D eigenvalue weighted by Crippen LogP contribution is -1.85. The van der Waals surface area contributed by atoms with Gasteiger partial charge in [-0.05, 0) is 37.9 Å². The predicted octanol–water partition coefficient (Wildman–Crippen LogP) is 2.62. The Labute approximate surface area is 82.9 Å². The van der Waals surface area contributed by atoms with Gasteiger partial charge in [-0.1, -0.05) is 0 Å². The molecule has 0 atom stereocenters. The normalized spacial score (nSPS) is 18.0. The fraction of sp³-hybridized carbons (Fsp3) is 0.167. The summed E-state index contributed by atoms with van der Waals surface area (Å²) in [4.78, 5) is 3.61. The second-order valence-electron chi connectivity index (χ2n) is 1.38. The van der Waals surface area contributed by atoms with Gasteiger partial charge < -0.3 is 4.74 Å². The smallest absolute Gasteiger partial charge is 0.151 e. The minimum Gasteiger partial charge on any atom is -0.494 e. The van der Waals surface area contributed by atoms with Crippen molar-refractivity contribution in [3.05, 3.63) is 21.3 Å². The summed E-state index contributed by atoms with van der Waals surface area (Å²) in [6.45, 7) is 0. The van der Waals surface area contributed by atoms with Crippen LogP contribution in [0.2, 0.25) is 0 Å². The SMILES string of the molecule is [2H]c1nc(Br)c([2H])c(Br)c1OC([2H])([2H])[2H]. The Morgan fingerprint density at radius 2 is 2.60 bits per heavy atom. The molecule has 0 spiro atoms. The Hall–Kier alpha value is -0.0900. The molecule has 0 aliphatic carbocycles. The van der Waals surface area contributed by atoms with Crippen molar-refractivity contribution in [1.82, 2.24) is 4.98 Å². The molecule has 0 saturated carbocycles. The lowest BCUT2D eigenvalue weighted by Gasteiger charge is -2.00. The highest BCUT2D eigenvalue weighted by Gasteiger charge is 1.98. The van der Waals surface area contributed by atoms with Crippen molar-refractivity contribution in [3.63, 3.8) is 0 Å². The largest absolute Gasteiger partial charge is 0.494 e. The Kier molecular flexibility index (Phi) is 1.18. The molecule has 0 N–H and O–H groups in total. The molecule has 4 heteroatoms. The van der Waals surface area contributed by atoms with Gasteiger partial charge in [0.2, 0.25) is 0 Å². The van der Waals surface area contributed by atoms with Crippen molar-refractivity contribution in [2.45, 2.75) is 0 Å². The van der Waals surface area contributed by atoms with Gasteiger partial charge >= 0.3 is 0 Å². The van der Waals surface area contributed by atoms with Crippen LogP contribution in [-0.4, -0.2) is 12.0 Å². The minimum absolute atomic E-state index is 0.0646. The third-order valence-corrected chi connectivity index (χ3v) is 1.70. The topological polar surface area (TPSA) is 22.1 Å². The van der Waals surface area contributed by atoms with Gasteiger partial charge in [0.1, 0.15) is 4.60 Å². The summed E-state index contributed by atoms with van der Waals surface area (Å²) in [5.74, 6) is -0.261. The maximum absolute atomic E-state index is 7.49. The summed E-state index contributed by atoms with van der Waals surface area (Å²) >= 11 is 5.95. The summed E-state index contributed by atoms with van der Waals surface area (Å²) in [7, 11) is -2.67. The van der Waals surface area contributed by atoms with Crippen LogP contribution >= 0.6 is 31.9 Å². The van der Waals surface area contributed by atoms with E-state index >= 15 is 0 Å². The number of aromatic nitrogens is 1. The Balaban J connectivity index is 3.24. The van der Waals surface area contributed by atoms with Crippen LogP contribution in [0.5, 0.6) is 5.75 Å². The first-order chi connectivity index (χ1) is 6.72. The number of halogens is 2. The van der Waals surface area contributed by atoms with Crippen molar-refractivity contribution >= 4 is 31.9 Å². The molecule has 0 radical (unpaired) electrons. The zero-order valence-electron chi connectivity index (χ0n) is 9.61. The first-order valence-electron chi connectivity index (χ1n) is 4.73. The molecule has 54 valence electrons. The molecule has 0 bridgehead atoms. The molecule has 1 aromatic heterocycles. The number of ether oxygens (including phenoxy) is 1. The molecule has 0 amide bonds. The molecule has 10 heavy (non-hydrogen) atoms. The summed E-state index contributed by atoms with van der Waals surface area (Å²) in [6.07, 6.45) is -0.346. The number of nitrogens with zero attached hydrogens (tertiary/aromatic N) is 1. The lowest BCUT2D eigenvalue weighted by molar-refractivity contribution is 0.410. The van der Waals surface area contributed by atoms with E-state index in [2.05, 4.69) is 41.6 Å². The van der Waals surface area contributed by atoms with Gasteiger partial charge in [-0.2, -0.15) is 0 Å². The van der Waals surface area contributed by atoms with Crippen molar-refractivity contribution in [2.24, 2.45) is 0 Å². The third kappa shape index (κ3) is 1.70. The number of methoxy groups -OCH3 is 1. The zero-order valence-corrected chi connectivity index (χ0v) is 7.78. The van der Waals surface area contributed by atoms with Crippen molar-refractivity contribution < 1.29 is 11.6 Å². The fourth-order valence-corrected chi connectivity index (χ4v) is 1.30. The Bertz CT molecular complexity index is 394. The van der Waals surface area contributed by atoms with Crippen LogP contribution in [0.3, 0.4) is 0 Å². The van der Waals surface area contributed by atoms with E-state index in [9.17, 15) is 0 Å². The fourth-order valence-electron chi connectivity index (χ4n) is 0.392.